The van der Waals surface area contributed by atoms with E-state index < -0.39 is 0 Å². The first-order chi connectivity index (χ1) is 16.2. The number of thiophene rings is 1. The summed E-state index contributed by atoms with van der Waals surface area (Å²) >= 11 is 2.96. The number of aryl methyl sites for hydroxylation is 2. The maximum atomic E-state index is 13.3. The van der Waals surface area contributed by atoms with Gasteiger partial charge in [0.1, 0.15) is 10.8 Å². The highest BCUT2D eigenvalue weighted by Crippen LogP contribution is 2.40. The molecule has 3 heterocycles. The molecule has 1 aromatic carbocycles. The van der Waals surface area contributed by atoms with E-state index in [4.69, 9.17) is 4.42 Å². The lowest BCUT2D eigenvalue weighted by atomic mass is 9.95. The fourth-order valence-corrected chi connectivity index (χ4v) is 5.63. The number of hydrogen-bond donors (Lipinski definition) is 1. The van der Waals surface area contributed by atoms with E-state index in [9.17, 15) is 4.79 Å². The van der Waals surface area contributed by atoms with Crippen LogP contribution in [0.15, 0.2) is 74.5 Å². The second-order valence-electron chi connectivity index (χ2n) is 7.76. The van der Waals surface area contributed by atoms with Crippen LogP contribution in [-0.4, -0.2) is 22.1 Å². The van der Waals surface area contributed by atoms with Crippen molar-refractivity contribution in [2.24, 2.45) is 4.99 Å². The monoisotopic (exact) mass is 474 g/mol. The predicted octanol–water partition coefficient (Wildman–Crippen LogP) is 6.47. The van der Waals surface area contributed by atoms with Crippen LogP contribution >= 0.6 is 23.1 Å². The molecule has 0 spiro atoms. The molecule has 5 rings (SSSR count). The maximum Gasteiger partial charge on any atom is 0.259 e. The third kappa shape index (κ3) is 5.07. The lowest BCUT2D eigenvalue weighted by molar-refractivity contribution is 0.102. The number of nitrogens with one attached hydrogen (secondary N) is 1. The van der Waals surface area contributed by atoms with Crippen molar-refractivity contribution < 1.29 is 9.21 Å². The fourth-order valence-electron chi connectivity index (χ4n) is 3.72. The second-order valence-corrected chi connectivity index (χ2v) is 9.81. The van der Waals surface area contributed by atoms with Crippen LogP contribution in [0.2, 0.25) is 0 Å². The summed E-state index contributed by atoms with van der Waals surface area (Å²) in [6.07, 6.45) is 9.23. The minimum atomic E-state index is -0.109. The highest BCUT2D eigenvalue weighted by Gasteiger charge is 2.25. The van der Waals surface area contributed by atoms with Crippen molar-refractivity contribution in [2.45, 2.75) is 42.9 Å². The number of nitrogens with zero attached hydrogens (tertiary/aromatic N) is 3. The average molecular weight is 475 g/mol. The van der Waals surface area contributed by atoms with E-state index in [1.165, 1.54) is 16.6 Å². The number of fused-ring (bicyclic) bond motifs is 1. The Balaban J connectivity index is 1.39. The number of carbonyl (C=O) groups excluding carboxylic acids is 1. The summed E-state index contributed by atoms with van der Waals surface area (Å²) in [4.78, 5) is 27.6. The van der Waals surface area contributed by atoms with Crippen LogP contribution in [0.3, 0.4) is 0 Å². The number of aromatic nitrogens is 2. The van der Waals surface area contributed by atoms with Crippen LogP contribution in [0, 0.1) is 6.92 Å². The number of benzene rings is 1. The molecule has 166 valence electrons. The molecule has 0 saturated carbocycles. The Bertz CT molecular complexity index is 1290. The predicted molar refractivity (Wildman–Crippen MR) is 132 cm³/mol. The Hall–Kier alpha value is -3.23. The Morgan fingerprint density at radius 3 is 2.73 bits per heavy atom. The summed E-state index contributed by atoms with van der Waals surface area (Å²) in [6, 6.07) is 13.3. The van der Waals surface area contributed by atoms with Crippen molar-refractivity contribution in [3.63, 3.8) is 0 Å². The number of carbonyl (C=O) groups is 1. The van der Waals surface area contributed by atoms with E-state index in [0.29, 0.717) is 21.6 Å². The highest BCUT2D eigenvalue weighted by molar-refractivity contribution is 7.99. The van der Waals surface area contributed by atoms with Gasteiger partial charge in [0.05, 0.1) is 11.8 Å². The van der Waals surface area contributed by atoms with E-state index in [1.807, 2.05) is 43.3 Å². The molecule has 1 aliphatic carbocycles. The summed E-state index contributed by atoms with van der Waals surface area (Å²) in [5.41, 5.74) is 3.76. The molecule has 0 atom stereocenters. The largest absolute Gasteiger partial charge is 0.448 e. The number of rotatable bonds is 6. The number of aliphatic imine (C=N–C) groups is 1. The second kappa shape index (κ2) is 9.72. The van der Waals surface area contributed by atoms with Crippen LogP contribution in [0.25, 0.3) is 0 Å². The van der Waals surface area contributed by atoms with Crippen molar-refractivity contribution in [3.05, 3.63) is 82.2 Å². The molecule has 1 amide bonds. The first kappa shape index (κ1) is 21.6. The Kier molecular flexibility index (Phi) is 6.37. The summed E-state index contributed by atoms with van der Waals surface area (Å²) < 4.78 is 5.86. The van der Waals surface area contributed by atoms with Gasteiger partial charge < -0.3 is 9.73 Å². The quantitative estimate of drug-likeness (QED) is 0.256. The third-order valence-electron chi connectivity index (χ3n) is 5.33. The molecule has 3 aromatic heterocycles. The van der Waals surface area contributed by atoms with E-state index in [2.05, 4.69) is 20.3 Å². The number of hydrogen-bond acceptors (Lipinski definition) is 7. The molecule has 0 saturated heterocycles. The lowest BCUT2D eigenvalue weighted by Crippen LogP contribution is -2.14. The summed E-state index contributed by atoms with van der Waals surface area (Å²) in [7, 11) is 0. The van der Waals surface area contributed by atoms with Gasteiger partial charge in [-0.1, -0.05) is 17.7 Å². The number of anilines is 1. The van der Waals surface area contributed by atoms with Crippen LogP contribution in [0.5, 0.6) is 0 Å². The Morgan fingerprint density at radius 1 is 1.12 bits per heavy atom. The van der Waals surface area contributed by atoms with Crippen molar-refractivity contribution >= 4 is 45.9 Å². The van der Waals surface area contributed by atoms with Gasteiger partial charge in [0.25, 0.3) is 5.91 Å². The van der Waals surface area contributed by atoms with Gasteiger partial charge in [-0.25, -0.2) is 15.0 Å². The van der Waals surface area contributed by atoms with Crippen LogP contribution in [0.1, 0.15) is 45.0 Å². The molecule has 8 heteroatoms. The van der Waals surface area contributed by atoms with Gasteiger partial charge in [-0.05, 0) is 80.3 Å². The molecule has 0 bridgehead atoms. The zero-order valence-electron chi connectivity index (χ0n) is 18.1. The van der Waals surface area contributed by atoms with Gasteiger partial charge in [-0.15, -0.1) is 11.3 Å². The van der Waals surface area contributed by atoms with E-state index in [0.717, 1.165) is 47.5 Å². The topological polar surface area (TPSA) is 80.4 Å². The smallest absolute Gasteiger partial charge is 0.259 e. The number of furan rings is 1. The highest BCUT2D eigenvalue weighted by atomic mass is 32.2. The minimum absolute atomic E-state index is 0.109. The molecule has 33 heavy (non-hydrogen) atoms. The fraction of sp³-hybridized carbons (Fsp3) is 0.200. The van der Waals surface area contributed by atoms with Crippen LogP contribution < -0.4 is 5.32 Å². The summed E-state index contributed by atoms with van der Waals surface area (Å²) in [6.45, 7) is 2.03. The molecule has 6 nitrogen and oxygen atoms in total. The van der Waals surface area contributed by atoms with Crippen molar-refractivity contribution in [2.75, 3.05) is 5.32 Å². The first-order valence-corrected chi connectivity index (χ1v) is 12.4. The van der Waals surface area contributed by atoms with E-state index in [1.54, 1.807) is 36.0 Å². The lowest BCUT2D eigenvalue weighted by Gasteiger charge is -2.13. The van der Waals surface area contributed by atoms with Crippen LogP contribution in [0.4, 0.5) is 10.7 Å². The summed E-state index contributed by atoms with van der Waals surface area (Å²) in [5, 5.41) is 5.08. The van der Waals surface area contributed by atoms with Crippen molar-refractivity contribution in [1.82, 2.24) is 9.97 Å². The SMILES string of the molecule is Cc1ccc(NC(=O)c2c(N=Cc3ccc(Sc4ncccn4)o3)sc3c2CCCC3)cc1. The Labute approximate surface area is 200 Å². The first-order valence-electron chi connectivity index (χ1n) is 10.8. The van der Waals surface area contributed by atoms with Crippen molar-refractivity contribution in [3.8, 4) is 0 Å². The third-order valence-corrected chi connectivity index (χ3v) is 7.35. The minimum Gasteiger partial charge on any atom is -0.448 e. The molecule has 1 N–H and O–H groups in total. The van der Waals surface area contributed by atoms with Gasteiger partial charge in [-0.3, -0.25) is 4.79 Å². The van der Waals surface area contributed by atoms with Gasteiger partial charge in [0.2, 0.25) is 0 Å². The van der Waals surface area contributed by atoms with Gasteiger partial charge in [0, 0.05) is 23.0 Å². The average Bonchev–Trinajstić information content (AvgIpc) is 3.43. The zero-order valence-corrected chi connectivity index (χ0v) is 19.7. The van der Waals surface area contributed by atoms with E-state index >= 15 is 0 Å². The molecular formula is C25H22N4O2S2. The molecule has 0 radical (unpaired) electrons. The zero-order chi connectivity index (χ0) is 22.6. The van der Waals surface area contributed by atoms with Gasteiger partial charge >= 0.3 is 0 Å². The molecule has 4 aromatic rings. The molecule has 0 aliphatic heterocycles. The number of amides is 1. The molecule has 0 fully saturated rings. The summed E-state index contributed by atoms with van der Waals surface area (Å²) in [5.74, 6) is 0.506. The molecule has 1 aliphatic rings. The van der Waals surface area contributed by atoms with Gasteiger partial charge in [0.15, 0.2) is 10.2 Å². The normalized spacial score (nSPS) is 13.2. The van der Waals surface area contributed by atoms with E-state index in [-0.39, 0.29) is 5.91 Å². The standard InChI is InChI=1S/C25H22N4O2S2/c1-16-7-9-17(10-8-16)29-23(30)22-19-5-2-3-6-20(19)32-24(22)28-15-18-11-12-21(31-18)33-25-26-13-4-14-27-25/h4,7-15H,2-3,5-6H2,1H3,(H,29,30). The molecular weight excluding hydrogens is 452 g/mol. The van der Waals surface area contributed by atoms with Crippen molar-refractivity contribution in [1.29, 1.82) is 0 Å². The van der Waals surface area contributed by atoms with Gasteiger partial charge in [-0.2, -0.15) is 0 Å². The maximum absolute atomic E-state index is 13.3. The Morgan fingerprint density at radius 2 is 1.91 bits per heavy atom. The molecule has 0 unspecified atom stereocenters. The van der Waals surface area contributed by atoms with Crippen LogP contribution in [-0.2, 0) is 12.8 Å².